The fraction of sp³-hybridized carbons (Fsp3) is 0. The van der Waals surface area contributed by atoms with E-state index in [1.807, 2.05) is 6.07 Å². The van der Waals surface area contributed by atoms with Gasteiger partial charge in [-0.25, -0.2) is 0 Å². The topological polar surface area (TPSA) is 21.3 Å². The molecule has 0 spiro atoms. The first kappa shape index (κ1) is 27.5. The molecule has 0 saturated heterocycles. The minimum Gasteiger partial charge on any atom is -0.454 e. The van der Waals surface area contributed by atoms with Crippen LogP contribution in [-0.2, 0) is 0 Å². The molecule has 2 heterocycles. The van der Waals surface area contributed by atoms with Gasteiger partial charge < -0.3 is 13.9 Å². The van der Waals surface area contributed by atoms with Gasteiger partial charge in [-0.3, -0.25) is 0 Å². The summed E-state index contributed by atoms with van der Waals surface area (Å²) < 4.78 is 9.27. The average molecular weight is 627 g/mol. The van der Waals surface area contributed by atoms with Gasteiger partial charge in [-0.05, 0) is 59.5 Å². The van der Waals surface area contributed by atoms with Gasteiger partial charge in [0.2, 0.25) is 0 Å². The third-order valence-corrected chi connectivity index (χ3v) is 9.75. The molecule has 0 aliphatic heterocycles. The predicted octanol–water partition coefficient (Wildman–Crippen LogP) is 13.0. The number of fused-ring (bicyclic) bond motifs is 7. The standard InChI is InChI=1S/C46H30N2O/c1-3-16-31(17-4-1)34-21-9-12-25-39(34)48(45-35-22-8-7-18-32(35)30-38-36-23-11-14-29-43(36)49-46(38)45)42-28-15-27-41-44(42)37-24-10-13-26-40(37)47(41)33-19-5-2-6-20-33/h1-30H. The van der Waals surface area contributed by atoms with E-state index in [1.165, 1.54) is 16.3 Å². The van der Waals surface area contributed by atoms with Crippen LogP contribution in [0.1, 0.15) is 0 Å². The minimum absolute atomic E-state index is 0.867. The van der Waals surface area contributed by atoms with Gasteiger partial charge in [0.05, 0.1) is 28.1 Å². The lowest BCUT2D eigenvalue weighted by Crippen LogP contribution is -2.12. The monoisotopic (exact) mass is 626 g/mol. The maximum atomic E-state index is 6.89. The third-order valence-electron chi connectivity index (χ3n) is 9.75. The van der Waals surface area contributed by atoms with Crippen molar-refractivity contribution in [1.82, 2.24) is 4.57 Å². The lowest BCUT2D eigenvalue weighted by molar-refractivity contribution is 0.669. The Morgan fingerprint density at radius 2 is 1.08 bits per heavy atom. The normalized spacial score (nSPS) is 11.7. The highest BCUT2D eigenvalue weighted by Crippen LogP contribution is 2.51. The molecule has 0 fully saturated rings. The van der Waals surface area contributed by atoms with Crippen LogP contribution in [-0.4, -0.2) is 4.57 Å². The summed E-state index contributed by atoms with van der Waals surface area (Å²) in [6.45, 7) is 0. The van der Waals surface area contributed by atoms with Crippen LogP contribution in [0.15, 0.2) is 186 Å². The molecule has 8 aromatic carbocycles. The van der Waals surface area contributed by atoms with E-state index in [4.69, 9.17) is 4.42 Å². The van der Waals surface area contributed by atoms with Crippen molar-refractivity contribution in [2.45, 2.75) is 0 Å². The first-order chi connectivity index (χ1) is 24.3. The molecule has 0 radical (unpaired) electrons. The number of para-hydroxylation sites is 4. The molecule has 0 saturated carbocycles. The Hall–Kier alpha value is -6.58. The fourth-order valence-corrected chi connectivity index (χ4v) is 7.67. The number of aromatic nitrogens is 1. The van der Waals surface area contributed by atoms with Crippen LogP contribution in [0.5, 0.6) is 0 Å². The van der Waals surface area contributed by atoms with Gasteiger partial charge in [-0.2, -0.15) is 0 Å². The quantitative estimate of drug-likeness (QED) is 0.190. The van der Waals surface area contributed by atoms with Crippen molar-refractivity contribution in [2.24, 2.45) is 0 Å². The molecule has 0 unspecified atom stereocenters. The zero-order valence-corrected chi connectivity index (χ0v) is 26.6. The van der Waals surface area contributed by atoms with Crippen molar-refractivity contribution < 1.29 is 4.42 Å². The second-order valence-corrected chi connectivity index (χ2v) is 12.5. The van der Waals surface area contributed by atoms with Gasteiger partial charge in [0.25, 0.3) is 0 Å². The smallest absolute Gasteiger partial charge is 0.160 e. The fourth-order valence-electron chi connectivity index (χ4n) is 7.67. The number of anilines is 3. The Labute approximate surface area is 283 Å². The Morgan fingerprint density at radius 1 is 0.449 bits per heavy atom. The molecular formula is C46H30N2O. The van der Waals surface area contributed by atoms with E-state index in [9.17, 15) is 0 Å². The summed E-state index contributed by atoms with van der Waals surface area (Å²) >= 11 is 0. The SMILES string of the molecule is c1ccc(-c2ccccc2N(c2c3ccccc3cc3c2oc2ccccc23)c2cccc3c2c2ccccc2n3-c2ccccc2)cc1. The van der Waals surface area contributed by atoms with Crippen molar-refractivity contribution in [2.75, 3.05) is 4.90 Å². The number of furan rings is 1. The molecule has 0 bridgehead atoms. The second-order valence-electron chi connectivity index (χ2n) is 12.5. The molecule has 0 aliphatic carbocycles. The predicted molar refractivity (Wildman–Crippen MR) is 206 cm³/mol. The zero-order chi connectivity index (χ0) is 32.3. The Bertz CT molecular complexity index is 2830. The highest BCUT2D eigenvalue weighted by atomic mass is 16.3. The molecule has 0 aliphatic rings. The van der Waals surface area contributed by atoms with Crippen LogP contribution >= 0.6 is 0 Å². The van der Waals surface area contributed by atoms with Gasteiger partial charge >= 0.3 is 0 Å². The molecule has 10 aromatic rings. The number of hydrogen-bond donors (Lipinski definition) is 0. The lowest BCUT2D eigenvalue weighted by Gasteiger charge is -2.30. The summed E-state index contributed by atoms with van der Waals surface area (Å²) in [5, 5.41) is 6.88. The molecule has 0 atom stereocenters. The highest BCUT2D eigenvalue weighted by molar-refractivity contribution is 6.23. The molecule has 0 N–H and O–H groups in total. The van der Waals surface area contributed by atoms with E-state index >= 15 is 0 Å². The Kier molecular flexibility index (Phi) is 6.18. The number of rotatable bonds is 5. The molecule has 3 nitrogen and oxygen atoms in total. The maximum absolute atomic E-state index is 6.89. The zero-order valence-electron chi connectivity index (χ0n) is 26.6. The summed E-state index contributed by atoms with van der Waals surface area (Å²) in [4.78, 5) is 2.46. The summed E-state index contributed by atoms with van der Waals surface area (Å²) in [5.74, 6) is 0. The highest BCUT2D eigenvalue weighted by Gasteiger charge is 2.27. The van der Waals surface area contributed by atoms with E-state index in [1.54, 1.807) is 0 Å². The van der Waals surface area contributed by atoms with E-state index in [-0.39, 0.29) is 0 Å². The number of benzene rings is 8. The molecule has 230 valence electrons. The average Bonchev–Trinajstić information content (AvgIpc) is 3.72. The largest absolute Gasteiger partial charge is 0.454 e. The maximum Gasteiger partial charge on any atom is 0.160 e. The van der Waals surface area contributed by atoms with E-state index in [0.29, 0.717) is 0 Å². The molecule has 3 heteroatoms. The van der Waals surface area contributed by atoms with Gasteiger partial charge in [0.1, 0.15) is 5.58 Å². The van der Waals surface area contributed by atoms with Crippen molar-refractivity contribution in [3.05, 3.63) is 182 Å². The van der Waals surface area contributed by atoms with Gasteiger partial charge in [-0.1, -0.05) is 133 Å². The van der Waals surface area contributed by atoms with E-state index < -0.39 is 0 Å². The Balaban J connectivity index is 1.41. The van der Waals surface area contributed by atoms with Gasteiger partial charge in [-0.15, -0.1) is 0 Å². The van der Waals surface area contributed by atoms with Crippen LogP contribution in [0.4, 0.5) is 17.1 Å². The van der Waals surface area contributed by atoms with Crippen LogP contribution < -0.4 is 4.90 Å². The minimum atomic E-state index is 0.867. The van der Waals surface area contributed by atoms with Crippen LogP contribution in [0.3, 0.4) is 0 Å². The lowest BCUT2D eigenvalue weighted by atomic mass is 9.98. The second kappa shape index (κ2) is 11.0. The first-order valence-electron chi connectivity index (χ1n) is 16.7. The summed E-state index contributed by atoms with van der Waals surface area (Å²) in [6, 6.07) is 64.9. The third kappa shape index (κ3) is 4.23. The van der Waals surface area contributed by atoms with Crippen LogP contribution in [0.25, 0.3) is 71.3 Å². The number of nitrogens with zero attached hydrogens (tertiary/aromatic N) is 2. The first-order valence-corrected chi connectivity index (χ1v) is 16.7. The summed E-state index contributed by atoms with van der Waals surface area (Å²) in [7, 11) is 0. The molecule has 10 rings (SSSR count). The molecular weight excluding hydrogens is 597 g/mol. The van der Waals surface area contributed by atoms with Gasteiger partial charge in [0, 0.05) is 38.2 Å². The van der Waals surface area contributed by atoms with Crippen molar-refractivity contribution >= 4 is 71.6 Å². The summed E-state index contributed by atoms with van der Waals surface area (Å²) in [6.07, 6.45) is 0. The Morgan fingerprint density at radius 3 is 1.94 bits per heavy atom. The van der Waals surface area contributed by atoms with Crippen molar-refractivity contribution in [3.63, 3.8) is 0 Å². The molecule has 49 heavy (non-hydrogen) atoms. The van der Waals surface area contributed by atoms with E-state index in [2.05, 4.69) is 185 Å². The van der Waals surface area contributed by atoms with Crippen molar-refractivity contribution in [1.29, 1.82) is 0 Å². The van der Waals surface area contributed by atoms with Gasteiger partial charge in [0.15, 0.2) is 5.58 Å². The molecule has 2 aromatic heterocycles. The van der Waals surface area contributed by atoms with Crippen molar-refractivity contribution in [3.8, 4) is 16.8 Å². The molecule has 0 amide bonds. The number of hydrogen-bond acceptors (Lipinski definition) is 2. The van der Waals surface area contributed by atoms with Crippen LogP contribution in [0, 0.1) is 0 Å². The van der Waals surface area contributed by atoms with E-state index in [0.717, 1.165) is 72.1 Å². The van der Waals surface area contributed by atoms with Crippen LogP contribution in [0.2, 0.25) is 0 Å². The summed E-state index contributed by atoms with van der Waals surface area (Å²) in [5.41, 5.74) is 10.7.